The Balaban J connectivity index is 0.00000225. The normalized spacial score (nSPS) is 10.3. The van der Waals surface area contributed by atoms with Gasteiger partial charge in [0.05, 0.1) is 11.3 Å². The summed E-state index contributed by atoms with van der Waals surface area (Å²) >= 11 is 0. The van der Waals surface area contributed by atoms with Crippen molar-refractivity contribution in [2.24, 2.45) is 0 Å². The highest BCUT2D eigenvalue weighted by molar-refractivity contribution is 5.85. The standard InChI is InChI=1S/C21H18N4O2.ClH/c22-21-18(4-3-11-24-21)19-13-17(25-27-19)12-15-6-8-16(9-7-15)14-26-20-5-1-2-10-23-20;/h1-11,13H,12,14H2,(H2,22,24);1H. The molecule has 0 amide bonds. The molecule has 142 valence electrons. The van der Waals surface area contributed by atoms with Crippen LogP contribution in [0.25, 0.3) is 11.3 Å². The molecule has 6 nitrogen and oxygen atoms in total. The Morgan fingerprint density at radius 1 is 0.893 bits per heavy atom. The summed E-state index contributed by atoms with van der Waals surface area (Å²) in [5, 5.41) is 4.14. The lowest BCUT2D eigenvalue weighted by molar-refractivity contribution is 0.294. The maximum atomic E-state index is 5.89. The summed E-state index contributed by atoms with van der Waals surface area (Å²) in [5.41, 5.74) is 9.69. The molecule has 0 aliphatic heterocycles. The van der Waals surface area contributed by atoms with E-state index in [9.17, 15) is 0 Å². The minimum absolute atomic E-state index is 0. The highest BCUT2D eigenvalue weighted by atomic mass is 35.5. The van der Waals surface area contributed by atoms with Crippen molar-refractivity contribution in [2.75, 3.05) is 5.73 Å². The van der Waals surface area contributed by atoms with E-state index in [1.165, 1.54) is 0 Å². The average molecular weight is 395 g/mol. The summed E-state index contributed by atoms with van der Waals surface area (Å²) in [7, 11) is 0. The number of hydrogen-bond acceptors (Lipinski definition) is 6. The van der Waals surface area contributed by atoms with E-state index in [0.717, 1.165) is 22.4 Å². The monoisotopic (exact) mass is 394 g/mol. The smallest absolute Gasteiger partial charge is 0.213 e. The first-order valence-electron chi connectivity index (χ1n) is 8.56. The number of anilines is 1. The van der Waals surface area contributed by atoms with E-state index >= 15 is 0 Å². The highest BCUT2D eigenvalue weighted by Gasteiger charge is 2.10. The minimum Gasteiger partial charge on any atom is -0.473 e. The molecule has 3 aromatic heterocycles. The predicted molar refractivity (Wildman–Crippen MR) is 109 cm³/mol. The van der Waals surface area contributed by atoms with Crippen LogP contribution in [0.3, 0.4) is 0 Å². The van der Waals surface area contributed by atoms with Crippen LogP contribution in [-0.2, 0) is 13.0 Å². The Labute approximate surface area is 168 Å². The molecule has 0 saturated carbocycles. The van der Waals surface area contributed by atoms with Gasteiger partial charge in [0.25, 0.3) is 0 Å². The van der Waals surface area contributed by atoms with Gasteiger partial charge in [-0.25, -0.2) is 9.97 Å². The second-order valence-electron chi connectivity index (χ2n) is 6.07. The molecule has 0 saturated heterocycles. The van der Waals surface area contributed by atoms with Gasteiger partial charge in [-0.15, -0.1) is 12.4 Å². The van der Waals surface area contributed by atoms with Gasteiger partial charge in [-0.1, -0.05) is 35.5 Å². The number of nitrogens with zero attached hydrogens (tertiary/aromatic N) is 3. The fourth-order valence-electron chi connectivity index (χ4n) is 2.70. The lowest BCUT2D eigenvalue weighted by Crippen LogP contribution is -1.97. The molecule has 0 radical (unpaired) electrons. The maximum absolute atomic E-state index is 5.89. The van der Waals surface area contributed by atoms with Crippen LogP contribution in [0.1, 0.15) is 16.8 Å². The van der Waals surface area contributed by atoms with Gasteiger partial charge in [-0.3, -0.25) is 0 Å². The molecule has 0 atom stereocenters. The zero-order chi connectivity index (χ0) is 18.5. The van der Waals surface area contributed by atoms with Gasteiger partial charge < -0.3 is 15.0 Å². The number of halogens is 1. The number of rotatable bonds is 6. The van der Waals surface area contributed by atoms with E-state index in [-0.39, 0.29) is 12.4 Å². The van der Waals surface area contributed by atoms with E-state index in [4.69, 9.17) is 15.0 Å². The lowest BCUT2D eigenvalue weighted by atomic mass is 10.1. The third-order valence-corrected chi connectivity index (χ3v) is 4.10. The van der Waals surface area contributed by atoms with Gasteiger partial charge in [0.1, 0.15) is 12.4 Å². The summed E-state index contributed by atoms with van der Waals surface area (Å²) in [6.45, 7) is 0.478. The van der Waals surface area contributed by atoms with E-state index in [2.05, 4.69) is 27.3 Å². The Bertz CT molecular complexity index is 1020. The van der Waals surface area contributed by atoms with Crippen molar-refractivity contribution in [1.29, 1.82) is 0 Å². The number of nitrogen functional groups attached to an aromatic ring is 1. The van der Waals surface area contributed by atoms with E-state index in [0.29, 0.717) is 30.5 Å². The van der Waals surface area contributed by atoms with Crippen molar-refractivity contribution < 1.29 is 9.26 Å². The van der Waals surface area contributed by atoms with Crippen molar-refractivity contribution in [3.05, 3.63) is 89.9 Å². The topological polar surface area (TPSA) is 87.1 Å². The fraction of sp³-hybridized carbons (Fsp3) is 0.0952. The molecule has 0 unspecified atom stereocenters. The van der Waals surface area contributed by atoms with Crippen LogP contribution in [0.2, 0.25) is 0 Å². The number of pyridine rings is 2. The molecule has 3 heterocycles. The zero-order valence-corrected chi connectivity index (χ0v) is 15.8. The lowest BCUT2D eigenvalue weighted by Gasteiger charge is -2.05. The Morgan fingerprint density at radius 3 is 2.43 bits per heavy atom. The second-order valence-corrected chi connectivity index (χ2v) is 6.07. The van der Waals surface area contributed by atoms with Crippen molar-refractivity contribution in [3.63, 3.8) is 0 Å². The van der Waals surface area contributed by atoms with E-state index in [1.54, 1.807) is 12.4 Å². The molecular formula is C21H19ClN4O2. The summed E-state index contributed by atoms with van der Waals surface area (Å²) in [6.07, 6.45) is 4.03. The molecule has 0 aliphatic rings. The quantitative estimate of drug-likeness (QED) is 0.524. The molecule has 0 fully saturated rings. The van der Waals surface area contributed by atoms with E-state index < -0.39 is 0 Å². The molecule has 1 aromatic carbocycles. The van der Waals surface area contributed by atoms with Gasteiger partial charge in [0, 0.05) is 30.9 Å². The molecule has 0 aliphatic carbocycles. The van der Waals surface area contributed by atoms with Crippen molar-refractivity contribution in [3.8, 4) is 17.2 Å². The molecule has 4 rings (SSSR count). The first-order valence-corrected chi connectivity index (χ1v) is 8.56. The SMILES string of the molecule is Cl.Nc1ncccc1-c1cc(Cc2ccc(COc3ccccn3)cc2)no1. The Morgan fingerprint density at radius 2 is 1.68 bits per heavy atom. The predicted octanol–water partition coefficient (Wildman–Crippen LogP) is 4.31. The van der Waals surface area contributed by atoms with Crippen LogP contribution in [0, 0.1) is 0 Å². The highest BCUT2D eigenvalue weighted by Crippen LogP contribution is 2.25. The third-order valence-electron chi connectivity index (χ3n) is 4.10. The fourth-order valence-corrected chi connectivity index (χ4v) is 2.70. The number of benzene rings is 1. The van der Waals surface area contributed by atoms with Gasteiger partial charge >= 0.3 is 0 Å². The van der Waals surface area contributed by atoms with Gasteiger partial charge in [-0.05, 0) is 29.3 Å². The number of nitrogens with two attached hydrogens (primary N) is 1. The summed E-state index contributed by atoms with van der Waals surface area (Å²) in [5.74, 6) is 1.67. The minimum atomic E-state index is 0. The van der Waals surface area contributed by atoms with Crippen LogP contribution in [0.15, 0.2) is 77.6 Å². The molecular weight excluding hydrogens is 376 g/mol. The average Bonchev–Trinajstić information content (AvgIpc) is 3.17. The summed E-state index contributed by atoms with van der Waals surface area (Å²) in [6, 6.07) is 19.4. The molecule has 4 aromatic rings. The van der Waals surface area contributed by atoms with Crippen molar-refractivity contribution >= 4 is 18.2 Å². The van der Waals surface area contributed by atoms with Crippen LogP contribution in [0.5, 0.6) is 5.88 Å². The molecule has 0 spiro atoms. The first kappa shape index (κ1) is 19.4. The summed E-state index contributed by atoms with van der Waals surface area (Å²) in [4.78, 5) is 8.22. The summed E-state index contributed by atoms with van der Waals surface area (Å²) < 4.78 is 11.1. The van der Waals surface area contributed by atoms with Crippen LogP contribution in [0.4, 0.5) is 5.82 Å². The zero-order valence-electron chi connectivity index (χ0n) is 15.0. The number of hydrogen-bond donors (Lipinski definition) is 1. The van der Waals surface area contributed by atoms with Gasteiger partial charge in [0.2, 0.25) is 5.88 Å². The number of ether oxygens (including phenoxy) is 1. The van der Waals surface area contributed by atoms with Crippen LogP contribution in [-0.4, -0.2) is 15.1 Å². The first-order chi connectivity index (χ1) is 13.3. The number of aromatic nitrogens is 3. The van der Waals surface area contributed by atoms with Gasteiger partial charge in [0.15, 0.2) is 5.76 Å². The van der Waals surface area contributed by atoms with Gasteiger partial charge in [-0.2, -0.15) is 0 Å². The largest absolute Gasteiger partial charge is 0.473 e. The Kier molecular flexibility index (Phi) is 6.24. The molecule has 2 N–H and O–H groups in total. The van der Waals surface area contributed by atoms with Crippen LogP contribution < -0.4 is 10.5 Å². The Hall–Kier alpha value is -3.38. The van der Waals surface area contributed by atoms with Crippen molar-refractivity contribution in [1.82, 2.24) is 15.1 Å². The molecule has 7 heteroatoms. The van der Waals surface area contributed by atoms with Crippen molar-refractivity contribution in [2.45, 2.75) is 13.0 Å². The third kappa shape index (κ3) is 4.66. The maximum Gasteiger partial charge on any atom is 0.213 e. The molecule has 28 heavy (non-hydrogen) atoms. The van der Waals surface area contributed by atoms with E-state index in [1.807, 2.05) is 48.5 Å². The second kappa shape index (κ2) is 9.01. The van der Waals surface area contributed by atoms with Crippen LogP contribution >= 0.6 is 12.4 Å². The molecule has 0 bridgehead atoms.